The highest BCUT2D eigenvalue weighted by Gasteiger charge is 2.43. The lowest BCUT2D eigenvalue weighted by molar-refractivity contribution is -0.947. The summed E-state index contributed by atoms with van der Waals surface area (Å²) in [5.74, 6) is 0.313. The molecule has 0 N–H and O–H groups in total. The maximum Gasteiger partial charge on any atom is 0.330 e. The molecule has 3 heteroatoms. The van der Waals surface area contributed by atoms with Crippen molar-refractivity contribution in [3.63, 3.8) is 0 Å². The first-order valence-corrected chi connectivity index (χ1v) is 8.91. The topological polar surface area (TPSA) is 26.3 Å². The number of quaternary nitrogens is 1. The van der Waals surface area contributed by atoms with Gasteiger partial charge in [-0.1, -0.05) is 30.3 Å². The maximum absolute atomic E-state index is 12.0. The highest BCUT2D eigenvalue weighted by molar-refractivity contribution is 5.87. The minimum atomic E-state index is -0.218. The Morgan fingerprint density at radius 2 is 1.96 bits per heavy atom. The second kappa shape index (κ2) is 7.31. The van der Waals surface area contributed by atoms with Crippen molar-refractivity contribution in [1.29, 1.82) is 0 Å². The van der Waals surface area contributed by atoms with Crippen LogP contribution in [0.2, 0.25) is 0 Å². The number of fused-ring (bicyclic) bond motifs is 1. The number of ether oxygens (including phenoxy) is 1. The van der Waals surface area contributed by atoms with Crippen molar-refractivity contribution in [2.75, 3.05) is 26.7 Å². The van der Waals surface area contributed by atoms with Crippen LogP contribution in [0.1, 0.15) is 37.7 Å². The SMILES string of the molecule is C[N@+]12CCCC[C@@H]1[C@H](COC(=O)/C=C/c1ccccc1)CCC2. The fourth-order valence-corrected chi connectivity index (χ4v) is 4.39. The Morgan fingerprint density at radius 1 is 1.17 bits per heavy atom. The van der Waals surface area contributed by atoms with E-state index in [1.807, 2.05) is 36.4 Å². The maximum atomic E-state index is 12.0. The molecule has 2 heterocycles. The zero-order valence-corrected chi connectivity index (χ0v) is 14.1. The molecular weight excluding hydrogens is 286 g/mol. The number of piperidine rings is 2. The van der Waals surface area contributed by atoms with Crippen molar-refractivity contribution in [2.45, 2.75) is 38.1 Å². The third kappa shape index (κ3) is 4.03. The molecule has 124 valence electrons. The predicted molar refractivity (Wildman–Crippen MR) is 92.7 cm³/mol. The van der Waals surface area contributed by atoms with Gasteiger partial charge in [0.25, 0.3) is 0 Å². The summed E-state index contributed by atoms with van der Waals surface area (Å²) in [4.78, 5) is 12.0. The summed E-state index contributed by atoms with van der Waals surface area (Å²) < 4.78 is 6.76. The monoisotopic (exact) mass is 314 g/mol. The number of carbonyl (C=O) groups excluding carboxylic acids is 1. The lowest BCUT2D eigenvalue weighted by Crippen LogP contribution is -2.61. The smallest absolute Gasteiger partial charge is 0.330 e. The molecule has 3 nitrogen and oxygen atoms in total. The van der Waals surface area contributed by atoms with Gasteiger partial charge in [0.2, 0.25) is 0 Å². The van der Waals surface area contributed by atoms with E-state index in [4.69, 9.17) is 4.74 Å². The molecule has 2 fully saturated rings. The van der Waals surface area contributed by atoms with E-state index in [1.165, 1.54) is 49.7 Å². The van der Waals surface area contributed by atoms with Crippen molar-refractivity contribution < 1.29 is 14.0 Å². The van der Waals surface area contributed by atoms with Gasteiger partial charge in [-0.3, -0.25) is 0 Å². The Kier molecular flexibility index (Phi) is 5.16. The van der Waals surface area contributed by atoms with Gasteiger partial charge in [-0.15, -0.1) is 0 Å². The molecule has 0 unspecified atom stereocenters. The first-order chi connectivity index (χ1) is 11.2. The molecule has 2 aliphatic heterocycles. The van der Waals surface area contributed by atoms with E-state index in [-0.39, 0.29) is 5.97 Å². The van der Waals surface area contributed by atoms with Crippen LogP contribution < -0.4 is 0 Å². The summed E-state index contributed by atoms with van der Waals surface area (Å²) in [5.41, 5.74) is 1.03. The molecule has 0 amide bonds. The van der Waals surface area contributed by atoms with Crippen molar-refractivity contribution in [3.8, 4) is 0 Å². The van der Waals surface area contributed by atoms with Crippen LogP contribution >= 0.6 is 0 Å². The molecule has 0 bridgehead atoms. The Bertz CT molecular complexity index is 550. The number of benzene rings is 1. The van der Waals surface area contributed by atoms with Gasteiger partial charge in [0.05, 0.1) is 26.2 Å². The van der Waals surface area contributed by atoms with Gasteiger partial charge < -0.3 is 9.22 Å². The van der Waals surface area contributed by atoms with Gasteiger partial charge >= 0.3 is 5.97 Å². The normalized spacial score (nSPS) is 30.8. The molecule has 3 atom stereocenters. The molecule has 0 spiro atoms. The Hall–Kier alpha value is -1.61. The molecule has 3 rings (SSSR count). The average Bonchev–Trinajstić information content (AvgIpc) is 2.58. The average molecular weight is 314 g/mol. The number of rotatable bonds is 4. The van der Waals surface area contributed by atoms with E-state index in [0.717, 1.165) is 5.56 Å². The van der Waals surface area contributed by atoms with Gasteiger partial charge in [-0.2, -0.15) is 0 Å². The number of carbonyl (C=O) groups is 1. The van der Waals surface area contributed by atoms with Crippen LogP contribution in [0, 0.1) is 5.92 Å². The molecule has 1 aromatic rings. The van der Waals surface area contributed by atoms with Crippen molar-refractivity contribution in [1.82, 2.24) is 0 Å². The number of nitrogens with zero attached hydrogens (tertiary/aromatic N) is 1. The van der Waals surface area contributed by atoms with Crippen LogP contribution in [0.5, 0.6) is 0 Å². The van der Waals surface area contributed by atoms with Crippen LogP contribution in [-0.4, -0.2) is 43.2 Å². The highest BCUT2D eigenvalue weighted by atomic mass is 16.5. The highest BCUT2D eigenvalue weighted by Crippen LogP contribution is 2.36. The Balaban J connectivity index is 1.53. The van der Waals surface area contributed by atoms with E-state index in [1.54, 1.807) is 6.08 Å². The van der Waals surface area contributed by atoms with E-state index < -0.39 is 0 Å². The quantitative estimate of drug-likeness (QED) is 0.482. The van der Waals surface area contributed by atoms with Crippen molar-refractivity contribution >= 4 is 12.0 Å². The number of hydrogen-bond acceptors (Lipinski definition) is 2. The largest absolute Gasteiger partial charge is 0.462 e. The van der Waals surface area contributed by atoms with Crippen LogP contribution in [-0.2, 0) is 9.53 Å². The lowest BCUT2D eigenvalue weighted by atomic mass is 9.82. The fraction of sp³-hybridized carbons (Fsp3) is 0.550. The molecule has 1 aromatic carbocycles. The van der Waals surface area contributed by atoms with Gasteiger partial charge in [0, 0.05) is 18.4 Å². The Labute approximate surface area is 139 Å². The van der Waals surface area contributed by atoms with Gasteiger partial charge in [0.15, 0.2) is 0 Å². The van der Waals surface area contributed by atoms with Crippen LogP contribution in [0.3, 0.4) is 0 Å². The van der Waals surface area contributed by atoms with E-state index in [2.05, 4.69) is 7.05 Å². The Morgan fingerprint density at radius 3 is 2.78 bits per heavy atom. The summed E-state index contributed by atoms with van der Waals surface area (Å²) in [6.07, 6.45) is 9.80. The fourth-order valence-electron chi connectivity index (χ4n) is 4.39. The van der Waals surface area contributed by atoms with Gasteiger partial charge in [-0.25, -0.2) is 4.79 Å². The summed E-state index contributed by atoms with van der Waals surface area (Å²) in [5, 5.41) is 0. The summed E-state index contributed by atoms with van der Waals surface area (Å²) in [7, 11) is 2.40. The standard InChI is InChI=1S/C20H28NO2/c1-21-14-6-5-11-19(21)18(10-7-15-21)16-23-20(22)13-12-17-8-3-2-4-9-17/h2-4,8-9,12-13,18-19H,5-7,10-11,14-16H2,1H3/q+1/b13-12+/t18-,19+,21+/m0/s1. The minimum absolute atomic E-state index is 0.218. The third-order valence-electron chi connectivity index (χ3n) is 5.66. The zero-order valence-electron chi connectivity index (χ0n) is 14.1. The summed E-state index contributed by atoms with van der Waals surface area (Å²) in [6, 6.07) is 10.6. The molecule has 0 aliphatic carbocycles. The van der Waals surface area contributed by atoms with Gasteiger partial charge in [-0.05, 0) is 37.3 Å². The van der Waals surface area contributed by atoms with Crippen molar-refractivity contribution in [2.24, 2.45) is 5.92 Å². The molecule has 0 saturated carbocycles. The van der Waals surface area contributed by atoms with E-state index in [0.29, 0.717) is 18.6 Å². The van der Waals surface area contributed by atoms with Crippen LogP contribution in [0.4, 0.5) is 0 Å². The predicted octanol–water partition coefficient (Wildman–Crippen LogP) is 3.65. The van der Waals surface area contributed by atoms with E-state index in [9.17, 15) is 4.79 Å². The first-order valence-electron chi connectivity index (χ1n) is 8.91. The number of hydrogen-bond donors (Lipinski definition) is 0. The molecule has 0 radical (unpaired) electrons. The van der Waals surface area contributed by atoms with E-state index >= 15 is 0 Å². The molecule has 2 saturated heterocycles. The first kappa shape index (κ1) is 16.3. The van der Waals surface area contributed by atoms with Crippen LogP contribution in [0.25, 0.3) is 6.08 Å². The molecular formula is C20H28NO2+. The minimum Gasteiger partial charge on any atom is -0.462 e. The zero-order chi connectivity index (χ0) is 16.1. The second-order valence-electron chi connectivity index (χ2n) is 7.27. The van der Waals surface area contributed by atoms with Crippen LogP contribution in [0.15, 0.2) is 36.4 Å². The summed E-state index contributed by atoms with van der Waals surface area (Å²) in [6.45, 7) is 3.17. The van der Waals surface area contributed by atoms with Crippen molar-refractivity contribution in [3.05, 3.63) is 42.0 Å². The lowest BCUT2D eigenvalue weighted by Gasteiger charge is -2.51. The molecule has 2 aliphatic rings. The second-order valence-corrected chi connectivity index (χ2v) is 7.27. The number of esters is 1. The summed E-state index contributed by atoms with van der Waals surface area (Å²) >= 11 is 0. The molecule has 0 aromatic heterocycles. The van der Waals surface area contributed by atoms with Gasteiger partial charge in [0.1, 0.15) is 6.61 Å². The third-order valence-corrected chi connectivity index (χ3v) is 5.66. The molecule has 23 heavy (non-hydrogen) atoms.